The van der Waals surface area contributed by atoms with Crippen molar-refractivity contribution in [1.29, 1.82) is 0 Å². The molecule has 0 aromatic carbocycles. The van der Waals surface area contributed by atoms with Crippen molar-refractivity contribution in [2.75, 3.05) is 13.1 Å². The van der Waals surface area contributed by atoms with Gasteiger partial charge in [0.25, 0.3) is 0 Å². The summed E-state index contributed by atoms with van der Waals surface area (Å²) < 4.78 is 0. The van der Waals surface area contributed by atoms with Gasteiger partial charge in [-0.25, -0.2) is 0 Å². The number of amidine groups is 1. The smallest absolute Gasteiger partial charge is 0.139 e. The van der Waals surface area contributed by atoms with E-state index in [4.69, 9.17) is 10.9 Å². The maximum absolute atomic E-state index is 8.60. The van der Waals surface area contributed by atoms with Gasteiger partial charge in [-0.1, -0.05) is 16.8 Å². The van der Waals surface area contributed by atoms with Gasteiger partial charge in [-0.2, -0.15) is 0 Å². The molecule has 0 aromatic rings. The molecular formula is C14H25N3O. The molecule has 2 aliphatic carbocycles. The molecule has 2 rings (SSSR count). The van der Waals surface area contributed by atoms with Crippen LogP contribution in [0.1, 0.15) is 51.4 Å². The number of hydrogen-bond acceptors (Lipinski definition) is 3. The van der Waals surface area contributed by atoms with Crippen molar-refractivity contribution < 1.29 is 5.21 Å². The van der Waals surface area contributed by atoms with Gasteiger partial charge in [-0.3, -0.25) is 0 Å². The van der Waals surface area contributed by atoms with Gasteiger partial charge in [-0.05, 0) is 56.9 Å². The molecule has 0 atom stereocenters. The van der Waals surface area contributed by atoms with Gasteiger partial charge < -0.3 is 16.3 Å². The molecule has 1 saturated carbocycles. The highest BCUT2D eigenvalue weighted by Gasteiger charge is 2.42. The molecule has 0 spiro atoms. The fourth-order valence-corrected chi connectivity index (χ4v) is 2.75. The highest BCUT2D eigenvalue weighted by molar-refractivity contribution is 5.80. The summed E-state index contributed by atoms with van der Waals surface area (Å²) in [6.07, 6.45) is 12.0. The first-order chi connectivity index (χ1) is 8.74. The highest BCUT2D eigenvalue weighted by atomic mass is 16.4. The van der Waals surface area contributed by atoms with Gasteiger partial charge in [0, 0.05) is 13.0 Å². The first kappa shape index (κ1) is 13.4. The molecule has 18 heavy (non-hydrogen) atoms. The van der Waals surface area contributed by atoms with Crippen LogP contribution >= 0.6 is 0 Å². The van der Waals surface area contributed by atoms with Crippen LogP contribution in [0, 0.1) is 5.41 Å². The molecule has 0 unspecified atom stereocenters. The van der Waals surface area contributed by atoms with Crippen LogP contribution in [-0.4, -0.2) is 24.1 Å². The molecular weight excluding hydrogens is 226 g/mol. The molecule has 4 heteroatoms. The lowest BCUT2D eigenvalue weighted by Crippen LogP contribution is -2.29. The number of nitrogens with two attached hydrogens (primary N) is 1. The monoisotopic (exact) mass is 251 g/mol. The van der Waals surface area contributed by atoms with Gasteiger partial charge in [0.05, 0.1) is 0 Å². The van der Waals surface area contributed by atoms with Crippen LogP contribution in [-0.2, 0) is 0 Å². The summed E-state index contributed by atoms with van der Waals surface area (Å²) in [5.41, 5.74) is 7.48. The summed E-state index contributed by atoms with van der Waals surface area (Å²) in [6.45, 7) is 2.06. The van der Waals surface area contributed by atoms with E-state index in [1.165, 1.54) is 44.9 Å². The Balaban J connectivity index is 1.62. The Bertz CT molecular complexity index is 332. The van der Waals surface area contributed by atoms with Crippen LogP contribution in [0.4, 0.5) is 0 Å². The fourth-order valence-electron chi connectivity index (χ4n) is 2.75. The second kappa shape index (κ2) is 6.23. The topological polar surface area (TPSA) is 70.6 Å². The number of allylic oxidation sites excluding steroid dienone is 1. The minimum Gasteiger partial charge on any atom is -0.409 e. The number of hydrogen-bond donors (Lipinski definition) is 3. The quantitative estimate of drug-likeness (QED) is 0.162. The average molecular weight is 251 g/mol. The normalized spacial score (nSPS) is 22.7. The Morgan fingerprint density at radius 2 is 2.28 bits per heavy atom. The second-order valence-electron chi connectivity index (χ2n) is 5.80. The van der Waals surface area contributed by atoms with Crippen LogP contribution in [0.2, 0.25) is 0 Å². The summed E-state index contributed by atoms with van der Waals surface area (Å²) >= 11 is 0. The average Bonchev–Trinajstić information content (AvgIpc) is 3.16. The Morgan fingerprint density at radius 3 is 2.89 bits per heavy atom. The van der Waals surface area contributed by atoms with E-state index in [0.717, 1.165) is 19.5 Å². The largest absolute Gasteiger partial charge is 0.409 e. The van der Waals surface area contributed by atoms with Crippen molar-refractivity contribution in [2.24, 2.45) is 16.3 Å². The van der Waals surface area contributed by atoms with Crippen molar-refractivity contribution in [3.05, 3.63) is 11.6 Å². The van der Waals surface area contributed by atoms with Gasteiger partial charge in [-0.15, -0.1) is 0 Å². The van der Waals surface area contributed by atoms with E-state index in [-0.39, 0.29) is 5.41 Å². The summed E-state index contributed by atoms with van der Waals surface area (Å²) in [6, 6.07) is 0. The maximum Gasteiger partial charge on any atom is 0.139 e. The second-order valence-corrected chi connectivity index (χ2v) is 5.80. The minimum atomic E-state index is 0.275. The van der Waals surface area contributed by atoms with Crippen molar-refractivity contribution in [3.8, 4) is 0 Å². The van der Waals surface area contributed by atoms with E-state index >= 15 is 0 Å². The van der Waals surface area contributed by atoms with Crippen LogP contribution in [0.3, 0.4) is 0 Å². The predicted molar refractivity (Wildman–Crippen MR) is 73.7 cm³/mol. The molecule has 1 fully saturated rings. The molecule has 0 bridgehead atoms. The number of rotatable bonds is 7. The Hall–Kier alpha value is -1.03. The van der Waals surface area contributed by atoms with Crippen molar-refractivity contribution >= 4 is 5.84 Å². The minimum absolute atomic E-state index is 0.275. The molecule has 4 N–H and O–H groups in total. The lowest BCUT2D eigenvalue weighted by Gasteiger charge is -2.16. The summed E-state index contributed by atoms with van der Waals surface area (Å²) in [5, 5.41) is 15.2. The number of oxime groups is 1. The van der Waals surface area contributed by atoms with Gasteiger partial charge >= 0.3 is 0 Å². The maximum atomic E-state index is 8.60. The van der Waals surface area contributed by atoms with Gasteiger partial charge in [0.2, 0.25) is 0 Å². The van der Waals surface area contributed by atoms with Gasteiger partial charge in [0.1, 0.15) is 5.84 Å². The predicted octanol–water partition coefficient (Wildman–Crippen LogP) is 2.38. The molecule has 102 valence electrons. The van der Waals surface area contributed by atoms with E-state index in [0.29, 0.717) is 5.84 Å². The van der Waals surface area contributed by atoms with Crippen molar-refractivity contribution in [3.63, 3.8) is 0 Å². The zero-order valence-corrected chi connectivity index (χ0v) is 11.1. The molecule has 4 nitrogen and oxygen atoms in total. The summed E-state index contributed by atoms with van der Waals surface area (Å²) in [4.78, 5) is 0. The molecule has 2 aliphatic rings. The third-order valence-corrected chi connectivity index (χ3v) is 4.15. The van der Waals surface area contributed by atoms with E-state index in [9.17, 15) is 0 Å². The zero-order valence-electron chi connectivity index (χ0n) is 11.1. The SMILES string of the molecule is NC(CC1(CNCCC2=CCCCC2)CC1)=NO. The molecule has 0 radical (unpaired) electrons. The van der Waals surface area contributed by atoms with E-state index in [2.05, 4.69) is 16.5 Å². The van der Waals surface area contributed by atoms with Gasteiger partial charge in [0.15, 0.2) is 0 Å². The van der Waals surface area contributed by atoms with Crippen LogP contribution in [0.25, 0.3) is 0 Å². The fraction of sp³-hybridized carbons (Fsp3) is 0.786. The third kappa shape index (κ3) is 4.02. The summed E-state index contributed by atoms with van der Waals surface area (Å²) in [5.74, 6) is 0.365. The molecule has 0 amide bonds. The first-order valence-corrected chi connectivity index (χ1v) is 7.09. The van der Waals surface area contributed by atoms with Crippen molar-refractivity contribution in [2.45, 2.75) is 51.4 Å². The van der Waals surface area contributed by atoms with E-state index < -0.39 is 0 Å². The number of nitrogens with zero attached hydrogens (tertiary/aromatic N) is 1. The Morgan fingerprint density at radius 1 is 1.44 bits per heavy atom. The van der Waals surface area contributed by atoms with Crippen LogP contribution < -0.4 is 11.1 Å². The lowest BCUT2D eigenvalue weighted by atomic mass is 9.97. The lowest BCUT2D eigenvalue weighted by molar-refractivity contribution is 0.314. The molecule has 0 aliphatic heterocycles. The Labute approximate surface area is 109 Å². The molecule has 0 aromatic heterocycles. The molecule has 0 heterocycles. The van der Waals surface area contributed by atoms with Crippen LogP contribution in [0.15, 0.2) is 16.8 Å². The zero-order chi connectivity index (χ0) is 12.8. The highest BCUT2D eigenvalue weighted by Crippen LogP contribution is 2.48. The standard InChI is InChI=1S/C14H25N3O/c15-13(17-18)10-14(7-8-14)11-16-9-6-12-4-2-1-3-5-12/h4,16,18H,1-3,5-11H2,(H2,15,17). The van der Waals surface area contributed by atoms with Crippen molar-refractivity contribution in [1.82, 2.24) is 5.32 Å². The first-order valence-electron chi connectivity index (χ1n) is 7.09. The van der Waals surface area contributed by atoms with E-state index in [1.54, 1.807) is 5.57 Å². The number of nitrogens with one attached hydrogen (secondary N) is 1. The van der Waals surface area contributed by atoms with E-state index in [1.807, 2.05) is 0 Å². The summed E-state index contributed by atoms with van der Waals surface area (Å²) in [7, 11) is 0. The molecule has 0 saturated heterocycles. The van der Waals surface area contributed by atoms with Crippen LogP contribution in [0.5, 0.6) is 0 Å². The Kier molecular flexibility index (Phi) is 4.64. The third-order valence-electron chi connectivity index (χ3n) is 4.15.